The van der Waals surface area contributed by atoms with Gasteiger partial charge in [-0.1, -0.05) is 37.3 Å². The van der Waals surface area contributed by atoms with Crippen molar-refractivity contribution in [3.63, 3.8) is 0 Å². The first-order chi connectivity index (χ1) is 18.1. The predicted octanol–water partition coefficient (Wildman–Crippen LogP) is 3.48. The fraction of sp³-hybridized carbons (Fsp3) is 0.567. The summed E-state index contributed by atoms with van der Waals surface area (Å²) in [5.41, 5.74) is 0.502. The van der Waals surface area contributed by atoms with Gasteiger partial charge in [-0.05, 0) is 57.6 Å². The van der Waals surface area contributed by atoms with E-state index in [0.717, 1.165) is 16.8 Å². The molecule has 206 valence electrons. The summed E-state index contributed by atoms with van der Waals surface area (Å²) in [7, 11) is 0. The van der Waals surface area contributed by atoms with Crippen LogP contribution in [0.2, 0.25) is 0 Å². The molecule has 3 aliphatic rings. The maximum atomic E-state index is 14.6. The van der Waals surface area contributed by atoms with Gasteiger partial charge < -0.3 is 24.4 Å². The monoisotopic (exact) mass is 524 g/mol. The van der Waals surface area contributed by atoms with Crippen LogP contribution in [0.15, 0.2) is 43.5 Å². The van der Waals surface area contributed by atoms with Gasteiger partial charge in [0, 0.05) is 12.2 Å². The molecule has 3 heterocycles. The number of carbonyl (C=O) groups excluding carboxylic acids is 3. The van der Waals surface area contributed by atoms with Gasteiger partial charge >= 0.3 is 5.97 Å². The molecule has 1 spiro atoms. The number of likely N-dealkylation sites (tertiary alicyclic amines) is 1. The number of rotatable bonds is 11. The largest absolute Gasteiger partial charge is 0.465 e. The minimum Gasteiger partial charge on any atom is -0.465 e. The van der Waals surface area contributed by atoms with E-state index in [1.165, 1.54) is 4.90 Å². The van der Waals surface area contributed by atoms with Crippen molar-refractivity contribution in [2.75, 3.05) is 24.7 Å². The fourth-order valence-corrected chi connectivity index (χ4v) is 6.94. The third-order valence-electron chi connectivity index (χ3n) is 8.63. The molecule has 38 heavy (non-hydrogen) atoms. The highest BCUT2D eigenvalue weighted by Crippen LogP contribution is 2.64. The lowest BCUT2D eigenvalue weighted by molar-refractivity contribution is -0.160. The molecule has 4 rings (SSSR count). The molecule has 1 N–H and O–H groups in total. The molecule has 3 aliphatic heterocycles. The number of hydrogen-bond donors (Lipinski definition) is 1. The van der Waals surface area contributed by atoms with Crippen LogP contribution in [-0.2, 0) is 23.9 Å². The summed E-state index contributed by atoms with van der Waals surface area (Å²) in [5, 5.41) is 10.3. The van der Waals surface area contributed by atoms with Gasteiger partial charge in [-0.3, -0.25) is 14.4 Å². The summed E-state index contributed by atoms with van der Waals surface area (Å²) in [4.78, 5) is 45.4. The standard InChI is InChI=1S/C30H40N2O6/c1-7-10-17-37-28(36)23-22-26(34)32(21(9-3)18-33)25(30(22)15-14-29(23,6)38-30)27(35)31(16-8-2)24-19(4)12-11-13-20(24)5/h7-8,11-13,21-23,25,33H,1-2,9-10,14-18H2,3-6H3/t21-,22-,23-,25?,29+,30?/m0/s1. The van der Waals surface area contributed by atoms with E-state index in [4.69, 9.17) is 9.47 Å². The number of aliphatic hydroxyl groups is 1. The van der Waals surface area contributed by atoms with E-state index in [0.29, 0.717) is 25.7 Å². The Morgan fingerprint density at radius 2 is 1.95 bits per heavy atom. The number of carbonyl (C=O) groups is 3. The van der Waals surface area contributed by atoms with Crippen LogP contribution in [-0.4, -0.2) is 70.8 Å². The highest BCUT2D eigenvalue weighted by Gasteiger charge is 2.79. The third kappa shape index (κ3) is 4.18. The van der Waals surface area contributed by atoms with Crippen LogP contribution in [0.5, 0.6) is 0 Å². The van der Waals surface area contributed by atoms with Crippen molar-refractivity contribution in [3.8, 4) is 0 Å². The number of para-hydroxylation sites is 1. The lowest BCUT2D eigenvalue weighted by Gasteiger charge is -2.39. The van der Waals surface area contributed by atoms with Gasteiger partial charge in [-0.2, -0.15) is 0 Å². The normalized spacial score (nSPS) is 30.2. The Balaban J connectivity index is 1.83. The fourth-order valence-electron chi connectivity index (χ4n) is 6.94. The maximum absolute atomic E-state index is 14.6. The summed E-state index contributed by atoms with van der Waals surface area (Å²) in [5.74, 6) is -2.82. The van der Waals surface area contributed by atoms with Crippen LogP contribution in [0.3, 0.4) is 0 Å². The molecule has 0 aliphatic carbocycles. The Morgan fingerprint density at radius 3 is 2.53 bits per heavy atom. The van der Waals surface area contributed by atoms with Gasteiger partial charge in [0.15, 0.2) is 0 Å². The molecule has 2 bridgehead atoms. The van der Waals surface area contributed by atoms with E-state index in [-0.39, 0.29) is 31.6 Å². The zero-order chi connectivity index (χ0) is 27.8. The van der Waals surface area contributed by atoms with Crippen molar-refractivity contribution in [2.45, 2.75) is 76.7 Å². The lowest BCUT2D eigenvalue weighted by atomic mass is 9.66. The molecule has 6 atom stereocenters. The van der Waals surface area contributed by atoms with Crippen molar-refractivity contribution < 1.29 is 29.0 Å². The third-order valence-corrected chi connectivity index (χ3v) is 8.63. The summed E-state index contributed by atoms with van der Waals surface area (Å²) in [6.07, 6.45) is 5.26. The highest BCUT2D eigenvalue weighted by molar-refractivity contribution is 6.05. The van der Waals surface area contributed by atoms with Gasteiger partial charge in [0.05, 0.1) is 30.8 Å². The van der Waals surface area contributed by atoms with Crippen LogP contribution in [0, 0.1) is 25.7 Å². The minimum absolute atomic E-state index is 0.169. The van der Waals surface area contributed by atoms with E-state index in [1.54, 1.807) is 17.1 Å². The van der Waals surface area contributed by atoms with Crippen LogP contribution in [0.4, 0.5) is 5.69 Å². The Labute approximate surface area is 225 Å². The number of esters is 1. The zero-order valence-electron chi connectivity index (χ0n) is 22.9. The number of benzene rings is 1. The van der Waals surface area contributed by atoms with Crippen molar-refractivity contribution in [1.29, 1.82) is 0 Å². The van der Waals surface area contributed by atoms with Crippen molar-refractivity contribution in [3.05, 3.63) is 54.6 Å². The van der Waals surface area contributed by atoms with E-state index in [1.807, 2.05) is 45.9 Å². The van der Waals surface area contributed by atoms with E-state index < -0.39 is 41.1 Å². The molecule has 0 saturated carbocycles. The van der Waals surface area contributed by atoms with Crippen molar-refractivity contribution in [2.24, 2.45) is 11.8 Å². The van der Waals surface area contributed by atoms with Gasteiger partial charge in [0.1, 0.15) is 17.6 Å². The number of amides is 2. The molecule has 8 nitrogen and oxygen atoms in total. The van der Waals surface area contributed by atoms with E-state index in [2.05, 4.69) is 13.2 Å². The SMILES string of the molecule is C=CCCOC(=O)[C@@H]1[C@H]2C(=O)N([C@@H](CC)CO)C(C(=O)N(CC=C)c3c(C)cccc3C)C23CC[C@@]1(C)O3. The zero-order valence-corrected chi connectivity index (χ0v) is 22.9. The first-order valence-corrected chi connectivity index (χ1v) is 13.5. The minimum atomic E-state index is -1.19. The molecule has 2 amide bonds. The van der Waals surface area contributed by atoms with Crippen LogP contribution < -0.4 is 4.90 Å². The first-order valence-electron chi connectivity index (χ1n) is 13.5. The summed E-state index contributed by atoms with van der Waals surface area (Å²) < 4.78 is 12.2. The quantitative estimate of drug-likeness (QED) is 0.271. The smallest absolute Gasteiger partial charge is 0.312 e. The summed E-state index contributed by atoms with van der Waals surface area (Å²) >= 11 is 0. The summed E-state index contributed by atoms with van der Waals surface area (Å²) in [6.45, 7) is 15.3. The maximum Gasteiger partial charge on any atom is 0.312 e. The molecule has 2 unspecified atom stereocenters. The molecule has 3 fully saturated rings. The second-order valence-electron chi connectivity index (χ2n) is 10.9. The average molecular weight is 525 g/mol. The Bertz CT molecular complexity index is 1110. The Hall–Kier alpha value is -2.97. The highest BCUT2D eigenvalue weighted by atomic mass is 16.6. The number of ether oxygens (including phenoxy) is 2. The van der Waals surface area contributed by atoms with Crippen LogP contribution in [0.1, 0.15) is 50.7 Å². The first kappa shape index (κ1) is 28.0. The second kappa shape index (κ2) is 10.7. The number of fused-ring (bicyclic) bond motifs is 1. The predicted molar refractivity (Wildman–Crippen MR) is 144 cm³/mol. The van der Waals surface area contributed by atoms with Gasteiger partial charge in [-0.25, -0.2) is 0 Å². The average Bonchev–Trinajstić information content (AvgIpc) is 3.45. The molecule has 3 saturated heterocycles. The Kier molecular flexibility index (Phi) is 7.86. The van der Waals surface area contributed by atoms with Crippen molar-refractivity contribution in [1.82, 2.24) is 4.90 Å². The van der Waals surface area contributed by atoms with Crippen molar-refractivity contribution >= 4 is 23.5 Å². The molecular formula is C30H40N2O6. The number of nitrogens with zero attached hydrogens (tertiary/aromatic N) is 2. The number of aliphatic hydroxyl groups excluding tert-OH is 1. The Morgan fingerprint density at radius 1 is 1.26 bits per heavy atom. The number of hydrogen-bond acceptors (Lipinski definition) is 6. The van der Waals surface area contributed by atoms with Gasteiger partial charge in [0.25, 0.3) is 5.91 Å². The number of anilines is 1. The molecule has 0 aromatic heterocycles. The number of aryl methyl sites for hydroxylation is 2. The molecule has 1 aromatic carbocycles. The van der Waals surface area contributed by atoms with Crippen LogP contribution >= 0.6 is 0 Å². The van der Waals surface area contributed by atoms with Gasteiger partial charge in [-0.15, -0.1) is 13.2 Å². The summed E-state index contributed by atoms with van der Waals surface area (Å²) in [6, 6.07) is 4.24. The van der Waals surface area contributed by atoms with E-state index >= 15 is 0 Å². The molecular weight excluding hydrogens is 484 g/mol. The van der Waals surface area contributed by atoms with Crippen LogP contribution in [0.25, 0.3) is 0 Å². The lowest BCUT2D eigenvalue weighted by Crippen LogP contribution is -2.59. The second-order valence-corrected chi connectivity index (χ2v) is 10.9. The molecule has 8 heteroatoms. The van der Waals surface area contributed by atoms with E-state index in [9.17, 15) is 19.5 Å². The molecule has 1 aromatic rings. The van der Waals surface area contributed by atoms with Gasteiger partial charge in [0.2, 0.25) is 5.91 Å². The topological polar surface area (TPSA) is 96.4 Å². The molecule has 0 radical (unpaired) electrons.